The first-order chi connectivity index (χ1) is 10.3. The van der Waals surface area contributed by atoms with E-state index < -0.39 is 0 Å². The predicted octanol–water partition coefficient (Wildman–Crippen LogP) is 3.19. The summed E-state index contributed by atoms with van der Waals surface area (Å²) in [5.41, 5.74) is 5.68. The molecule has 1 aliphatic rings. The molecule has 21 heavy (non-hydrogen) atoms. The average molecular weight is 277 g/mol. The van der Waals surface area contributed by atoms with Crippen LogP contribution in [0.1, 0.15) is 29.2 Å². The molecule has 0 saturated heterocycles. The van der Waals surface area contributed by atoms with E-state index in [1.807, 2.05) is 6.07 Å². The Labute approximate surface area is 125 Å². The Kier molecular flexibility index (Phi) is 3.89. The topological polar surface area (TPSA) is 39.1 Å². The molecule has 3 rings (SSSR count). The fourth-order valence-electron chi connectivity index (χ4n) is 2.83. The molecule has 1 aliphatic heterocycles. The molecular weight excluding hydrogens is 258 g/mol. The summed E-state index contributed by atoms with van der Waals surface area (Å²) in [6.07, 6.45) is 0. The summed E-state index contributed by atoms with van der Waals surface area (Å²) in [4.78, 5) is 2.28. The second kappa shape index (κ2) is 5.99. The first kappa shape index (κ1) is 13.7. The third kappa shape index (κ3) is 2.76. The first-order valence-electron chi connectivity index (χ1n) is 7.37. The van der Waals surface area contributed by atoms with Crippen LogP contribution in [0.25, 0.3) is 0 Å². The lowest BCUT2D eigenvalue weighted by Crippen LogP contribution is -2.17. The van der Waals surface area contributed by atoms with Crippen molar-refractivity contribution < 1.29 is 0 Å². The van der Waals surface area contributed by atoms with Gasteiger partial charge >= 0.3 is 0 Å². The van der Waals surface area contributed by atoms with Gasteiger partial charge in [0.25, 0.3) is 0 Å². The Hall–Kier alpha value is -2.31. The molecule has 1 heterocycles. The normalized spacial score (nSPS) is 13.0. The average Bonchev–Trinajstić information content (AvgIpc) is 2.96. The molecule has 2 aromatic rings. The maximum atomic E-state index is 9.45. The van der Waals surface area contributed by atoms with Crippen LogP contribution in [0.15, 0.2) is 42.5 Å². The molecule has 1 N–H and O–H groups in total. The van der Waals surface area contributed by atoms with Crippen molar-refractivity contribution >= 4 is 5.69 Å². The molecule has 0 spiro atoms. The lowest BCUT2D eigenvalue weighted by atomic mass is 10.1. The summed E-state index contributed by atoms with van der Waals surface area (Å²) >= 11 is 0. The van der Waals surface area contributed by atoms with E-state index in [0.29, 0.717) is 0 Å². The van der Waals surface area contributed by atoms with Crippen LogP contribution in [0.3, 0.4) is 0 Å². The van der Waals surface area contributed by atoms with Crippen LogP contribution in [0, 0.1) is 11.3 Å². The molecule has 0 aliphatic carbocycles. The van der Waals surface area contributed by atoms with Gasteiger partial charge in [-0.25, -0.2) is 0 Å². The number of nitriles is 1. The van der Waals surface area contributed by atoms with E-state index in [1.165, 1.54) is 11.1 Å². The fourth-order valence-corrected chi connectivity index (χ4v) is 2.83. The van der Waals surface area contributed by atoms with E-state index >= 15 is 0 Å². The van der Waals surface area contributed by atoms with Gasteiger partial charge in [0.15, 0.2) is 0 Å². The minimum absolute atomic E-state index is 0.762. The second-order valence-corrected chi connectivity index (χ2v) is 5.37. The van der Waals surface area contributed by atoms with Gasteiger partial charge in [-0.05, 0) is 35.4 Å². The van der Waals surface area contributed by atoms with Crippen molar-refractivity contribution in [2.24, 2.45) is 0 Å². The van der Waals surface area contributed by atoms with Crippen molar-refractivity contribution in [3.63, 3.8) is 0 Å². The van der Waals surface area contributed by atoms with Crippen LogP contribution in [-0.4, -0.2) is 6.54 Å². The van der Waals surface area contributed by atoms with Crippen LogP contribution in [0.5, 0.6) is 0 Å². The van der Waals surface area contributed by atoms with Crippen molar-refractivity contribution in [2.45, 2.75) is 26.6 Å². The van der Waals surface area contributed by atoms with Gasteiger partial charge in [-0.15, -0.1) is 0 Å². The summed E-state index contributed by atoms with van der Waals surface area (Å²) in [6.45, 7) is 5.60. The number of benzene rings is 2. The van der Waals surface area contributed by atoms with Crippen molar-refractivity contribution in [3.8, 4) is 6.07 Å². The Morgan fingerprint density at radius 3 is 2.48 bits per heavy atom. The summed E-state index contributed by atoms with van der Waals surface area (Å²) in [5.74, 6) is 0. The molecule has 0 aromatic heterocycles. The molecule has 0 radical (unpaired) electrons. The van der Waals surface area contributed by atoms with Crippen molar-refractivity contribution in [2.75, 3.05) is 11.4 Å². The number of nitrogens with zero attached hydrogens (tertiary/aromatic N) is 2. The van der Waals surface area contributed by atoms with Gasteiger partial charge in [0.05, 0.1) is 11.3 Å². The van der Waals surface area contributed by atoms with Gasteiger partial charge in [-0.2, -0.15) is 5.26 Å². The third-order valence-electron chi connectivity index (χ3n) is 3.94. The van der Waals surface area contributed by atoms with Crippen LogP contribution in [0.2, 0.25) is 0 Å². The Balaban J connectivity index is 1.85. The minimum Gasteiger partial charge on any atom is -0.362 e. The third-order valence-corrected chi connectivity index (χ3v) is 3.94. The summed E-state index contributed by atoms with van der Waals surface area (Å²) in [5, 5.41) is 12.7. The van der Waals surface area contributed by atoms with Gasteiger partial charge in [-0.1, -0.05) is 37.3 Å². The SMILES string of the molecule is CCNCc1ccc(N2Cc3ccccc3C2)c(C#N)c1. The zero-order chi connectivity index (χ0) is 14.7. The number of nitrogens with one attached hydrogen (secondary N) is 1. The second-order valence-electron chi connectivity index (χ2n) is 5.37. The Morgan fingerprint density at radius 2 is 1.86 bits per heavy atom. The van der Waals surface area contributed by atoms with Crippen molar-refractivity contribution in [1.29, 1.82) is 5.26 Å². The molecule has 0 unspecified atom stereocenters. The van der Waals surface area contributed by atoms with Gasteiger partial charge in [0.1, 0.15) is 6.07 Å². The zero-order valence-corrected chi connectivity index (χ0v) is 12.3. The standard InChI is InChI=1S/C18H19N3/c1-2-20-11-14-7-8-18(17(9-14)10-19)21-12-15-5-3-4-6-16(15)13-21/h3-9,20H,2,11-13H2,1H3. The summed E-state index contributed by atoms with van der Waals surface area (Å²) in [6, 6.07) is 17.0. The van der Waals surface area contributed by atoms with Gasteiger partial charge < -0.3 is 10.2 Å². The zero-order valence-electron chi connectivity index (χ0n) is 12.3. The quantitative estimate of drug-likeness (QED) is 0.933. The fraction of sp³-hybridized carbons (Fsp3) is 0.278. The Morgan fingerprint density at radius 1 is 1.14 bits per heavy atom. The molecular formula is C18H19N3. The smallest absolute Gasteiger partial charge is 0.101 e. The van der Waals surface area contributed by atoms with Crippen LogP contribution in [0.4, 0.5) is 5.69 Å². The lowest BCUT2D eigenvalue weighted by Gasteiger charge is -2.19. The first-order valence-corrected chi connectivity index (χ1v) is 7.37. The highest BCUT2D eigenvalue weighted by Crippen LogP contribution is 2.30. The summed E-state index contributed by atoms with van der Waals surface area (Å²) in [7, 11) is 0. The molecule has 106 valence electrons. The van der Waals surface area contributed by atoms with Gasteiger partial charge in [-0.3, -0.25) is 0 Å². The van der Waals surface area contributed by atoms with E-state index in [0.717, 1.165) is 43.0 Å². The van der Waals surface area contributed by atoms with Crippen LogP contribution < -0.4 is 10.2 Å². The number of anilines is 1. The van der Waals surface area contributed by atoms with E-state index in [2.05, 4.69) is 59.6 Å². The van der Waals surface area contributed by atoms with E-state index in [9.17, 15) is 5.26 Å². The van der Waals surface area contributed by atoms with Crippen LogP contribution >= 0.6 is 0 Å². The molecule has 2 aromatic carbocycles. The number of hydrogen-bond donors (Lipinski definition) is 1. The van der Waals surface area contributed by atoms with Crippen LogP contribution in [-0.2, 0) is 19.6 Å². The minimum atomic E-state index is 0.762. The highest BCUT2D eigenvalue weighted by molar-refractivity contribution is 5.62. The van der Waals surface area contributed by atoms with Gasteiger partial charge in [0.2, 0.25) is 0 Å². The molecule has 0 fully saturated rings. The summed E-state index contributed by atoms with van der Waals surface area (Å²) < 4.78 is 0. The maximum absolute atomic E-state index is 9.45. The molecule has 0 atom stereocenters. The maximum Gasteiger partial charge on any atom is 0.101 e. The molecule has 0 bridgehead atoms. The Bertz CT molecular complexity index is 660. The van der Waals surface area contributed by atoms with Gasteiger partial charge in [0, 0.05) is 19.6 Å². The van der Waals surface area contributed by atoms with Crippen molar-refractivity contribution in [1.82, 2.24) is 5.32 Å². The van der Waals surface area contributed by atoms with Crippen molar-refractivity contribution in [3.05, 3.63) is 64.7 Å². The molecule has 3 heteroatoms. The van der Waals surface area contributed by atoms with E-state index in [1.54, 1.807) is 0 Å². The number of fused-ring (bicyclic) bond motifs is 1. The lowest BCUT2D eigenvalue weighted by molar-refractivity contribution is 0.726. The predicted molar refractivity (Wildman–Crippen MR) is 84.9 cm³/mol. The highest BCUT2D eigenvalue weighted by Gasteiger charge is 2.20. The van der Waals surface area contributed by atoms with E-state index in [4.69, 9.17) is 0 Å². The molecule has 0 amide bonds. The molecule has 3 nitrogen and oxygen atoms in total. The molecule has 0 saturated carbocycles. The monoisotopic (exact) mass is 277 g/mol. The highest BCUT2D eigenvalue weighted by atomic mass is 15.1. The van der Waals surface area contributed by atoms with E-state index in [-0.39, 0.29) is 0 Å². The largest absolute Gasteiger partial charge is 0.362 e. The number of hydrogen-bond acceptors (Lipinski definition) is 3. The number of rotatable bonds is 4.